The largest absolute Gasteiger partial charge is 0.491 e. The molecule has 248 valence electrons. The fraction of sp³-hybridized carbons (Fsp3) is 0.290. The molecule has 5 N–H and O–H groups in total. The zero-order chi connectivity index (χ0) is 34.3. The molecule has 0 aliphatic carbocycles. The van der Waals surface area contributed by atoms with Crippen LogP contribution in [-0.2, 0) is 38.3 Å². The van der Waals surface area contributed by atoms with E-state index in [-0.39, 0.29) is 42.9 Å². The zero-order valence-electron chi connectivity index (χ0n) is 25.1. The topological polar surface area (TPSA) is 175 Å². The number of rotatable bonds is 8. The molecule has 0 saturated carbocycles. The van der Waals surface area contributed by atoms with E-state index < -0.39 is 74.2 Å². The summed E-state index contributed by atoms with van der Waals surface area (Å²) in [6, 6.07) is 9.76. The number of fused-ring (bicyclic) bond motifs is 2. The highest BCUT2D eigenvalue weighted by Gasteiger charge is 2.42. The summed E-state index contributed by atoms with van der Waals surface area (Å²) in [5.41, 5.74) is 1.72. The summed E-state index contributed by atoms with van der Waals surface area (Å²) in [6.07, 6.45) is -5.36. The summed E-state index contributed by atoms with van der Waals surface area (Å²) in [4.78, 5) is 53.8. The lowest BCUT2D eigenvalue weighted by Gasteiger charge is -2.26. The second-order valence-corrected chi connectivity index (χ2v) is 11.8. The summed E-state index contributed by atoms with van der Waals surface area (Å²) in [7, 11) is -2.42. The average molecular weight is 665 g/mol. The van der Waals surface area contributed by atoms with Gasteiger partial charge in [0.05, 0.1) is 31.2 Å². The Bertz CT molecular complexity index is 1780. The van der Waals surface area contributed by atoms with Crippen LogP contribution < -0.4 is 21.6 Å². The van der Waals surface area contributed by atoms with Crippen LogP contribution in [0.5, 0.6) is 0 Å². The first-order chi connectivity index (χ1) is 22.8. The molecule has 0 radical (unpaired) electrons. The van der Waals surface area contributed by atoms with Crippen molar-refractivity contribution < 1.29 is 56.8 Å². The van der Waals surface area contributed by atoms with Crippen molar-refractivity contribution in [2.24, 2.45) is 0 Å². The van der Waals surface area contributed by atoms with Crippen molar-refractivity contribution in [2.75, 3.05) is 6.54 Å². The van der Waals surface area contributed by atoms with Crippen LogP contribution in [0.1, 0.15) is 61.9 Å². The Morgan fingerprint density at radius 2 is 1.48 bits per heavy atom. The monoisotopic (exact) mass is 665 g/mol. The minimum absolute atomic E-state index is 0.0799. The van der Waals surface area contributed by atoms with Crippen molar-refractivity contribution in [1.29, 1.82) is 0 Å². The van der Waals surface area contributed by atoms with Gasteiger partial charge in [-0.05, 0) is 70.4 Å². The normalized spacial score (nSPS) is 19.1. The molecular formula is C31H28B2F3N3O9. The molecule has 0 bridgehead atoms. The first kappa shape index (κ1) is 33.2. The van der Waals surface area contributed by atoms with Gasteiger partial charge in [-0.2, -0.15) is 13.2 Å². The maximum Gasteiger partial charge on any atom is 0.491 e. The SMILES string of the molecule is O=C(O)C[C@H](NC(=O)[C@@H]1CC(NC(=O)c2ccc3c(c2)B(O)OC3)CN1C(=O)c1ccc2c(c1)B(O)OC2)c1ccc(C(F)(F)F)cc1. The van der Waals surface area contributed by atoms with Crippen molar-refractivity contribution in [3.8, 4) is 0 Å². The molecule has 17 heteroatoms. The van der Waals surface area contributed by atoms with Crippen LogP contribution in [0, 0.1) is 0 Å². The van der Waals surface area contributed by atoms with Gasteiger partial charge in [0, 0.05) is 23.7 Å². The summed E-state index contributed by atoms with van der Waals surface area (Å²) in [5, 5.41) is 35.1. The van der Waals surface area contributed by atoms with Crippen LogP contribution in [0.15, 0.2) is 60.7 Å². The Balaban J connectivity index is 1.25. The van der Waals surface area contributed by atoms with Crippen LogP contribution in [0.2, 0.25) is 0 Å². The number of aliphatic carboxylic acids is 1. The summed E-state index contributed by atoms with van der Waals surface area (Å²) in [6.45, 7) is 0.212. The molecule has 1 saturated heterocycles. The number of carboxylic acid groups (broad SMARTS) is 1. The molecule has 48 heavy (non-hydrogen) atoms. The third-order valence-electron chi connectivity index (χ3n) is 8.66. The second kappa shape index (κ2) is 13.1. The van der Waals surface area contributed by atoms with Gasteiger partial charge in [-0.1, -0.05) is 24.3 Å². The maximum atomic E-state index is 13.9. The van der Waals surface area contributed by atoms with E-state index in [1.807, 2.05) is 0 Å². The third-order valence-corrected chi connectivity index (χ3v) is 8.66. The molecule has 0 spiro atoms. The van der Waals surface area contributed by atoms with E-state index in [4.69, 9.17) is 9.31 Å². The van der Waals surface area contributed by atoms with Gasteiger partial charge in [0.2, 0.25) is 5.91 Å². The maximum absolute atomic E-state index is 13.9. The van der Waals surface area contributed by atoms with Crippen LogP contribution in [-0.4, -0.2) is 76.6 Å². The number of nitrogens with zero attached hydrogens (tertiary/aromatic N) is 1. The minimum atomic E-state index is -4.62. The van der Waals surface area contributed by atoms with Gasteiger partial charge in [0.15, 0.2) is 0 Å². The summed E-state index contributed by atoms with van der Waals surface area (Å²) >= 11 is 0. The smallest absolute Gasteiger partial charge is 0.481 e. The van der Waals surface area contributed by atoms with Gasteiger partial charge in [-0.3, -0.25) is 19.2 Å². The highest BCUT2D eigenvalue weighted by molar-refractivity contribution is 6.62. The lowest BCUT2D eigenvalue weighted by Crippen LogP contribution is -2.47. The average Bonchev–Trinajstić information content (AvgIpc) is 3.76. The quantitative estimate of drug-likeness (QED) is 0.215. The number of carboxylic acids is 1. The summed E-state index contributed by atoms with van der Waals surface area (Å²) < 4.78 is 49.8. The van der Waals surface area contributed by atoms with Gasteiger partial charge in [-0.15, -0.1) is 0 Å². The highest BCUT2D eigenvalue weighted by atomic mass is 19.4. The standard InChI is InChI=1S/C31H28B2F3N3O9/c34-31(35,36)21-7-5-16(6-8-21)25(12-27(40)41)38-29(43)26-11-22(37-28(42)17-1-3-19-14-47-32(45)23(19)9-17)13-39(26)30(44)18-2-4-20-15-48-33(46)24(20)10-18/h1-10,22,25-26,45-46H,11-15H2,(H,37,42)(H,38,43)(H,40,41)/t22?,25-,26-/m0/s1. The van der Waals surface area contributed by atoms with Crippen molar-refractivity contribution in [1.82, 2.24) is 15.5 Å². The molecule has 3 aliphatic rings. The number of hydrogen-bond donors (Lipinski definition) is 5. The lowest BCUT2D eigenvalue weighted by molar-refractivity contribution is -0.139. The van der Waals surface area contributed by atoms with Crippen LogP contribution in [0.25, 0.3) is 0 Å². The molecule has 3 amide bonds. The van der Waals surface area contributed by atoms with Gasteiger partial charge in [0.25, 0.3) is 11.8 Å². The molecule has 12 nitrogen and oxygen atoms in total. The number of nitrogens with one attached hydrogen (secondary N) is 2. The van der Waals surface area contributed by atoms with Crippen LogP contribution >= 0.6 is 0 Å². The zero-order valence-corrected chi connectivity index (χ0v) is 25.1. The van der Waals surface area contributed by atoms with E-state index in [0.29, 0.717) is 16.5 Å². The Morgan fingerprint density at radius 1 is 0.896 bits per heavy atom. The number of likely N-dealkylation sites (tertiary alicyclic amines) is 1. The van der Waals surface area contributed by atoms with Crippen molar-refractivity contribution >= 4 is 48.9 Å². The predicted octanol–water partition coefficient (Wildman–Crippen LogP) is 0.486. The molecule has 6 rings (SSSR count). The Labute approximate surface area is 272 Å². The lowest BCUT2D eigenvalue weighted by atomic mass is 9.78. The molecule has 0 aromatic heterocycles. The molecule has 3 atom stereocenters. The molecule has 3 aliphatic heterocycles. The second-order valence-electron chi connectivity index (χ2n) is 11.8. The fourth-order valence-electron chi connectivity index (χ4n) is 6.15. The Kier molecular flexibility index (Phi) is 9.04. The minimum Gasteiger partial charge on any atom is -0.481 e. The van der Waals surface area contributed by atoms with Crippen LogP contribution in [0.3, 0.4) is 0 Å². The Hall–Kier alpha value is -4.70. The molecule has 3 aromatic rings. The molecule has 3 heterocycles. The van der Waals surface area contributed by atoms with Crippen molar-refractivity contribution in [3.63, 3.8) is 0 Å². The van der Waals surface area contributed by atoms with Gasteiger partial charge in [-0.25, -0.2) is 0 Å². The van der Waals surface area contributed by atoms with E-state index in [9.17, 15) is 47.5 Å². The third kappa shape index (κ3) is 6.80. The Morgan fingerprint density at radius 3 is 2.06 bits per heavy atom. The van der Waals surface area contributed by atoms with Gasteiger partial charge in [0.1, 0.15) is 6.04 Å². The molecular weight excluding hydrogens is 637 g/mol. The van der Waals surface area contributed by atoms with Gasteiger partial charge >= 0.3 is 26.4 Å². The number of halogens is 3. The number of amides is 3. The summed E-state index contributed by atoms with van der Waals surface area (Å²) in [5.74, 6) is -3.26. The number of carbonyl (C=O) groups excluding carboxylic acids is 3. The number of benzene rings is 3. The molecule has 1 fully saturated rings. The van der Waals surface area contributed by atoms with E-state index in [1.54, 1.807) is 18.2 Å². The first-order valence-corrected chi connectivity index (χ1v) is 14.9. The van der Waals surface area contributed by atoms with E-state index in [2.05, 4.69) is 10.6 Å². The van der Waals surface area contributed by atoms with E-state index >= 15 is 0 Å². The number of alkyl halides is 3. The van der Waals surface area contributed by atoms with Crippen LogP contribution in [0.4, 0.5) is 13.2 Å². The number of carbonyl (C=O) groups is 4. The fourth-order valence-corrected chi connectivity index (χ4v) is 6.15. The molecule has 3 aromatic carbocycles. The van der Waals surface area contributed by atoms with Crippen molar-refractivity contribution in [3.05, 3.63) is 94.0 Å². The highest BCUT2D eigenvalue weighted by Crippen LogP contribution is 2.31. The predicted molar refractivity (Wildman–Crippen MR) is 163 cm³/mol. The molecule has 1 unspecified atom stereocenters. The van der Waals surface area contributed by atoms with E-state index in [0.717, 1.165) is 29.8 Å². The van der Waals surface area contributed by atoms with E-state index in [1.165, 1.54) is 23.1 Å². The number of hydrogen-bond acceptors (Lipinski definition) is 8. The first-order valence-electron chi connectivity index (χ1n) is 14.9. The van der Waals surface area contributed by atoms with Crippen molar-refractivity contribution in [2.45, 2.75) is 50.4 Å². The van der Waals surface area contributed by atoms with Gasteiger partial charge < -0.3 is 40.0 Å².